The molecule has 0 saturated carbocycles. The summed E-state index contributed by atoms with van der Waals surface area (Å²) in [6, 6.07) is 17.8. The largest absolute Gasteiger partial charge is 0.497 e. The lowest BCUT2D eigenvalue weighted by atomic mass is 9.82. The van der Waals surface area contributed by atoms with Crippen molar-refractivity contribution in [1.82, 2.24) is 9.47 Å². The number of aliphatic carboxylic acids is 3. The Hall–Kier alpha value is -5.04. The smallest absolute Gasteiger partial charge is 0.336 e. The minimum absolute atomic E-state index is 0.0720. The van der Waals surface area contributed by atoms with Crippen molar-refractivity contribution in [1.29, 1.82) is 0 Å². The molecule has 1 fully saturated rings. The third-order valence-electron chi connectivity index (χ3n) is 7.68. The molecule has 13 nitrogen and oxygen atoms in total. The van der Waals surface area contributed by atoms with Gasteiger partial charge in [-0.3, -0.25) is 14.4 Å². The van der Waals surface area contributed by atoms with Crippen molar-refractivity contribution in [2.45, 2.75) is 43.7 Å². The third kappa shape index (κ3) is 6.78. The fraction of sp³-hybridized carbons (Fsp3) is 0.355. The number of ether oxygens (including phenoxy) is 2. The van der Waals surface area contributed by atoms with Crippen molar-refractivity contribution in [3.05, 3.63) is 72.1 Å². The summed E-state index contributed by atoms with van der Waals surface area (Å²) in [4.78, 5) is 45.5. The van der Waals surface area contributed by atoms with Gasteiger partial charge in [-0.15, -0.1) is 0 Å². The summed E-state index contributed by atoms with van der Waals surface area (Å²) < 4.78 is 13.2. The zero-order valence-electron chi connectivity index (χ0n) is 24.4. The number of hydrogen-bond donors (Lipinski definition) is 5. The number of anilines is 1. The van der Waals surface area contributed by atoms with Crippen LogP contribution in [0.15, 0.2) is 60.8 Å². The van der Waals surface area contributed by atoms with E-state index in [2.05, 4.69) is 40.3 Å². The maximum absolute atomic E-state index is 13.0. The van der Waals surface area contributed by atoms with Gasteiger partial charge in [0.25, 0.3) is 5.91 Å². The number of nitrogens with one attached hydrogen (secondary N) is 1. The second-order valence-corrected chi connectivity index (χ2v) is 10.6. The summed E-state index contributed by atoms with van der Waals surface area (Å²) in [5.74, 6) is -3.32. The number of carbonyl (C=O) groups excluding carboxylic acids is 1. The number of aromatic nitrogens is 1. The topological polar surface area (TPSA) is 188 Å². The third-order valence-corrected chi connectivity index (χ3v) is 7.68. The minimum Gasteiger partial charge on any atom is -0.497 e. The number of benzene rings is 2. The zero-order valence-corrected chi connectivity index (χ0v) is 24.4. The van der Waals surface area contributed by atoms with E-state index in [0.717, 1.165) is 35.7 Å². The van der Waals surface area contributed by atoms with Crippen LogP contribution in [-0.2, 0) is 19.9 Å². The summed E-state index contributed by atoms with van der Waals surface area (Å²) in [6.45, 7) is 4.03. The predicted octanol–water partition coefficient (Wildman–Crippen LogP) is 3.19. The fourth-order valence-corrected chi connectivity index (χ4v) is 5.49. The minimum atomic E-state index is -2.74. The first-order valence-electron chi connectivity index (χ1n) is 14.0. The number of carbonyl (C=O) groups is 4. The molecule has 0 bridgehead atoms. The number of carboxylic acids is 3. The van der Waals surface area contributed by atoms with Crippen LogP contribution in [0.1, 0.15) is 48.7 Å². The molecule has 1 amide bonds. The second kappa shape index (κ2) is 13.1. The molecule has 2 aliphatic heterocycles. The van der Waals surface area contributed by atoms with Gasteiger partial charge in [-0.25, -0.2) is 4.79 Å². The Morgan fingerprint density at radius 3 is 2.09 bits per heavy atom. The Bertz CT molecular complexity index is 1510. The van der Waals surface area contributed by atoms with Gasteiger partial charge in [-0.1, -0.05) is 0 Å². The molecule has 0 radical (unpaired) electrons. The van der Waals surface area contributed by atoms with Crippen LogP contribution in [0.5, 0.6) is 11.5 Å². The maximum Gasteiger partial charge on any atom is 0.336 e. The Labute approximate surface area is 253 Å². The Balaban J connectivity index is 0.000000289. The number of amides is 1. The summed E-state index contributed by atoms with van der Waals surface area (Å²) >= 11 is 0. The highest BCUT2D eigenvalue weighted by atomic mass is 16.5. The lowest BCUT2D eigenvalue weighted by Crippen LogP contribution is -2.51. The molecule has 234 valence electrons. The number of rotatable bonds is 9. The molecule has 2 aromatic carbocycles. The van der Waals surface area contributed by atoms with Crippen LogP contribution in [-0.4, -0.2) is 86.1 Å². The monoisotopic (exact) mass is 609 g/mol. The van der Waals surface area contributed by atoms with Crippen LogP contribution in [0, 0.1) is 0 Å². The van der Waals surface area contributed by atoms with Gasteiger partial charge in [0.15, 0.2) is 5.60 Å². The van der Waals surface area contributed by atoms with Crippen molar-refractivity contribution in [2.75, 3.05) is 32.1 Å². The number of likely N-dealkylation sites (tertiary alicyclic amines) is 1. The standard InChI is InChI=1S/C25H27N3O3.C6H8O7/c1-3-31-20-10-11-22-21(17-20)26-25(23-5-4-14-28(22)23)12-15-27(16-13-25)24(29)18-6-8-19(30-2)9-7-18;7-3(8)1-6(13,5(11)12)2-4(9)10/h4-11,14,17,26H,3,12-13,15-16H2,1-2H3;13H,1-2H2,(H,7,8)(H,9,10)(H,11,12). The molecule has 3 aromatic rings. The van der Waals surface area contributed by atoms with Gasteiger partial charge in [0.05, 0.1) is 43.5 Å². The first-order valence-corrected chi connectivity index (χ1v) is 14.0. The van der Waals surface area contributed by atoms with Crippen LogP contribution in [0.25, 0.3) is 5.69 Å². The predicted molar refractivity (Wildman–Crippen MR) is 157 cm³/mol. The van der Waals surface area contributed by atoms with Gasteiger partial charge < -0.3 is 44.7 Å². The van der Waals surface area contributed by atoms with Gasteiger partial charge in [0.2, 0.25) is 0 Å². The molecular formula is C31H35N3O10. The quantitative estimate of drug-likeness (QED) is 0.240. The lowest BCUT2D eigenvalue weighted by Gasteiger charge is -2.46. The van der Waals surface area contributed by atoms with Crippen molar-refractivity contribution >= 4 is 29.5 Å². The normalized spacial score (nSPS) is 14.7. The van der Waals surface area contributed by atoms with E-state index in [0.29, 0.717) is 25.3 Å². The van der Waals surface area contributed by atoms with E-state index in [1.807, 2.05) is 42.2 Å². The molecule has 5 rings (SSSR count). The number of hydrogen-bond acceptors (Lipinski definition) is 8. The highest BCUT2D eigenvalue weighted by Gasteiger charge is 2.43. The molecular weight excluding hydrogens is 574 g/mol. The van der Waals surface area contributed by atoms with E-state index < -0.39 is 36.4 Å². The van der Waals surface area contributed by atoms with Crippen LogP contribution in [0.4, 0.5) is 5.69 Å². The molecule has 1 aromatic heterocycles. The van der Waals surface area contributed by atoms with E-state index in [4.69, 9.17) is 29.9 Å². The van der Waals surface area contributed by atoms with Gasteiger partial charge >= 0.3 is 17.9 Å². The average molecular weight is 610 g/mol. The molecule has 44 heavy (non-hydrogen) atoms. The molecule has 5 N–H and O–H groups in total. The van der Waals surface area contributed by atoms with Crippen molar-refractivity contribution < 1.29 is 49.1 Å². The highest BCUT2D eigenvalue weighted by molar-refractivity contribution is 5.94. The molecule has 2 aliphatic rings. The van der Waals surface area contributed by atoms with Crippen molar-refractivity contribution in [3.8, 4) is 17.2 Å². The lowest BCUT2D eigenvalue weighted by molar-refractivity contribution is -0.170. The van der Waals surface area contributed by atoms with Gasteiger partial charge in [0.1, 0.15) is 11.5 Å². The maximum atomic E-state index is 13.0. The van der Waals surface area contributed by atoms with Gasteiger partial charge in [-0.2, -0.15) is 0 Å². The van der Waals surface area contributed by atoms with Crippen molar-refractivity contribution in [3.63, 3.8) is 0 Å². The first-order chi connectivity index (χ1) is 20.9. The van der Waals surface area contributed by atoms with Gasteiger partial charge in [0, 0.05) is 36.6 Å². The number of aliphatic hydroxyl groups is 1. The second-order valence-electron chi connectivity index (χ2n) is 10.6. The van der Waals surface area contributed by atoms with E-state index in [1.165, 1.54) is 5.69 Å². The zero-order chi connectivity index (χ0) is 32.1. The van der Waals surface area contributed by atoms with Gasteiger partial charge in [-0.05, 0) is 68.3 Å². The van der Waals surface area contributed by atoms with Crippen LogP contribution in [0.2, 0.25) is 0 Å². The average Bonchev–Trinajstić information content (AvgIpc) is 3.48. The Kier molecular flexibility index (Phi) is 9.48. The first kappa shape index (κ1) is 31.9. The SMILES string of the molecule is CCOc1ccc2c(c1)NC1(CCN(C(=O)c3ccc(OC)cc3)CC1)c1cccn1-2.O=C(O)CC(O)(CC(=O)O)C(=O)O. The van der Waals surface area contributed by atoms with E-state index in [1.54, 1.807) is 7.11 Å². The number of methoxy groups -OCH3 is 1. The van der Waals surface area contributed by atoms with E-state index in [-0.39, 0.29) is 11.4 Å². The van der Waals surface area contributed by atoms with Crippen LogP contribution >= 0.6 is 0 Å². The number of fused-ring (bicyclic) bond motifs is 4. The van der Waals surface area contributed by atoms with Crippen LogP contribution in [0.3, 0.4) is 0 Å². The molecule has 3 heterocycles. The summed E-state index contributed by atoms with van der Waals surface area (Å²) in [5.41, 5.74) is 1.22. The summed E-state index contributed by atoms with van der Waals surface area (Å²) in [5, 5.41) is 37.6. The number of carboxylic acid groups (broad SMARTS) is 3. The summed E-state index contributed by atoms with van der Waals surface area (Å²) in [7, 11) is 1.63. The number of piperidine rings is 1. The Morgan fingerprint density at radius 1 is 0.932 bits per heavy atom. The molecule has 13 heteroatoms. The highest BCUT2D eigenvalue weighted by Crippen LogP contribution is 2.44. The molecule has 0 atom stereocenters. The van der Waals surface area contributed by atoms with Crippen molar-refractivity contribution in [2.24, 2.45) is 0 Å². The van der Waals surface area contributed by atoms with E-state index in [9.17, 15) is 19.2 Å². The number of nitrogens with zero attached hydrogens (tertiary/aromatic N) is 2. The fourth-order valence-electron chi connectivity index (χ4n) is 5.49. The molecule has 1 saturated heterocycles. The molecule has 0 aliphatic carbocycles. The van der Waals surface area contributed by atoms with E-state index >= 15 is 0 Å². The van der Waals surface area contributed by atoms with Crippen LogP contribution < -0.4 is 14.8 Å². The summed E-state index contributed by atoms with van der Waals surface area (Å²) in [6.07, 6.45) is 1.52. The Morgan fingerprint density at radius 2 is 1.55 bits per heavy atom. The molecule has 1 spiro atoms. The molecule has 0 unspecified atom stereocenters.